The fourth-order valence-electron chi connectivity index (χ4n) is 0.102. The van der Waals surface area contributed by atoms with E-state index in [0.717, 1.165) is 0 Å². The Bertz CT molecular complexity index is 49.7. The molecule has 1 N–H and O–H groups in total. The lowest BCUT2D eigenvalue weighted by molar-refractivity contribution is 0.262. The summed E-state index contributed by atoms with van der Waals surface area (Å²) in [4.78, 5) is 10.0. The molecule has 0 spiro atoms. The molecular formula is C4H11NOS. The Kier molecular flexibility index (Phi) is 8.27. The number of carbonyl (C=O) groups excluding carboxylic acids is 1. The molecule has 0 atom stereocenters. The molecule has 0 saturated carbocycles. The van der Waals surface area contributed by atoms with E-state index >= 15 is 0 Å². The van der Waals surface area contributed by atoms with Crippen molar-refractivity contribution in [3.63, 3.8) is 0 Å². The fourth-order valence-corrected chi connectivity index (χ4v) is 0.306. The number of carbonyl (C=O) groups is 1. The van der Waals surface area contributed by atoms with Gasteiger partial charge in [0.1, 0.15) is 0 Å². The lowest BCUT2D eigenvalue weighted by Crippen LogP contribution is -2.09. The minimum atomic E-state index is 0. The third-order valence-corrected chi connectivity index (χ3v) is 0.964. The molecule has 0 aliphatic heterocycles. The van der Waals surface area contributed by atoms with Gasteiger partial charge in [-0.25, -0.2) is 0 Å². The third kappa shape index (κ3) is 5.82. The van der Waals surface area contributed by atoms with Gasteiger partial charge in [0.25, 0.3) is 5.24 Å². The zero-order valence-electron chi connectivity index (χ0n) is 3.82. The van der Waals surface area contributed by atoms with Crippen LogP contribution in [-0.2, 0) is 0 Å². The van der Waals surface area contributed by atoms with E-state index in [-0.39, 0.29) is 12.7 Å². The van der Waals surface area contributed by atoms with Gasteiger partial charge in [-0.15, -0.1) is 0 Å². The number of nitrogens with one attached hydrogen (secondary N) is 1. The number of thioether (sulfide) groups is 1. The van der Waals surface area contributed by atoms with Crippen LogP contribution < -0.4 is 5.32 Å². The molecule has 3 heteroatoms. The van der Waals surface area contributed by atoms with Crippen LogP contribution in [0.3, 0.4) is 0 Å². The van der Waals surface area contributed by atoms with Gasteiger partial charge < -0.3 is 5.32 Å². The highest BCUT2D eigenvalue weighted by Gasteiger charge is 1.85. The summed E-state index contributed by atoms with van der Waals surface area (Å²) in [7, 11) is 1.61. The number of hydrogen-bond acceptors (Lipinski definition) is 2. The van der Waals surface area contributed by atoms with E-state index in [4.69, 9.17) is 0 Å². The van der Waals surface area contributed by atoms with Crippen LogP contribution in [0, 0.1) is 0 Å². The first-order valence-corrected chi connectivity index (χ1v) is 2.79. The first-order chi connectivity index (χ1) is 2.81. The van der Waals surface area contributed by atoms with Gasteiger partial charge in [0, 0.05) is 7.05 Å². The summed E-state index contributed by atoms with van der Waals surface area (Å²) in [6.45, 7) is 0. The molecule has 0 fully saturated rings. The van der Waals surface area contributed by atoms with Crippen LogP contribution >= 0.6 is 11.8 Å². The van der Waals surface area contributed by atoms with E-state index in [2.05, 4.69) is 5.32 Å². The lowest BCUT2D eigenvalue weighted by Gasteiger charge is -1.86. The summed E-state index contributed by atoms with van der Waals surface area (Å²) >= 11 is 1.17. The predicted octanol–water partition coefficient (Wildman–Crippen LogP) is 1.32. The molecule has 0 aliphatic rings. The molecule has 0 aliphatic carbocycles. The zero-order valence-corrected chi connectivity index (χ0v) is 4.63. The Morgan fingerprint density at radius 1 is 1.71 bits per heavy atom. The first-order valence-electron chi connectivity index (χ1n) is 1.57. The highest BCUT2D eigenvalue weighted by atomic mass is 32.2. The third-order valence-electron chi connectivity index (χ3n) is 0.390. The molecule has 0 aromatic rings. The Labute approximate surface area is 48.7 Å². The minimum Gasteiger partial charge on any atom is -0.350 e. The Balaban J connectivity index is 0. The molecule has 0 bridgehead atoms. The van der Waals surface area contributed by atoms with Crippen LogP contribution in [0.4, 0.5) is 4.79 Å². The van der Waals surface area contributed by atoms with Gasteiger partial charge in [0.15, 0.2) is 0 Å². The molecule has 0 aromatic carbocycles. The molecule has 0 heterocycles. The maximum absolute atomic E-state index is 10.0. The molecule has 44 valence electrons. The van der Waals surface area contributed by atoms with E-state index in [0.29, 0.717) is 0 Å². The van der Waals surface area contributed by atoms with Gasteiger partial charge in [0.2, 0.25) is 0 Å². The average molecular weight is 121 g/mol. The van der Waals surface area contributed by atoms with E-state index < -0.39 is 0 Å². The molecule has 2 nitrogen and oxygen atoms in total. The van der Waals surface area contributed by atoms with E-state index in [1.165, 1.54) is 11.8 Å². The SMILES string of the molecule is C.CNC(=O)SC. The van der Waals surface area contributed by atoms with Crippen LogP contribution in [0.1, 0.15) is 7.43 Å². The molecular weight excluding hydrogens is 110 g/mol. The summed E-state index contributed by atoms with van der Waals surface area (Å²) < 4.78 is 0. The van der Waals surface area contributed by atoms with Crippen LogP contribution in [0.5, 0.6) is 0 Å². The Hall–Kier alpha value is -0.180. The van der Waals surface area contributed by atoms with Gasteiger partial charge in [-0.3, -0.25) is 4.79 Å². The van der Waals surface area contributed by atoms with E-state index in [9.17, 15) is 4.79 Å². The van der Waals surface area contributed by atoms with Crippen LogP contribution in [0.15, 0.2) is 0 Å². The quantitative estimate of drug-likeness (QED) is 0.523. The second-order valence-corrected chi connectivity index (χ2v) is 1.52. The van der Waals surface area contributed by atoms with Crippen molar-refractivity contribution in [1.82, 2.24) is 5.32 Å². The summed E-state index contributed by atoms with van der Waals surface area (Å²) in [6, 6.07) is 0. The van der Waals surface area contributed by atoms with Crippen molar-refractivity contribution in [2.75, 3.05) is 13.3 Å². The van der Waals surface area contributed by atoms with E-state index in [1.807, 2.05) is 0 Å². The van der Waals surface area contributed by atoms with Gasteiger partial charge in [-0.05, 0) is 6.26 Å². The first kappa shape index (κ1) is 9.94. The van der Waals surface area contributed by atoms with Gasteiger partial charge in [0.05, 0.1) is 0 Å². The summed E-state index contributed by atoms with van der Waals surface area (Å²) in [5, 5.41) is 2.45. The second-order valence-electron chi connectivity index (χ2n) is 0.742. The Morgan fingerprint density at radius 3 is 2.14 bits per heavy atom. The number of hydrogen-bond donors (Lipinski definition) is 1. The topological polar surface area (TPSA) is 29.1 Å². The zero-order chi connectivity index (χ0) is 4.99. The molecule has 0 aromatic heterocycles. The highest BCUT2D eigenvalue weighted by Crippen LogP contribution is 1.88. The van der Waals surface area contributed by atoms with Gasteiger partial charge in [-0.1, -0.05) is 19.2 Å². The Morgan fingerprint density at radius 2 is 2.14 bits per heavy atom. The van der Waals surface area contributed by atoms with Crippen molar-refractivity contribution in [2.45, 2.75) is 7.43 Å². The number of amides is 1. The number of rotatable bonds is 0. The largest absolute Gasteiger partial charge is 0.350 e. The molecule has 0 rings (SSSR count). The fraction of sp³-hybridized carbons (Fsp3) is 0.750. The smallest absolute Gasteiger partial charge is 0.278 e. The van der Waals surface area contributed by atoms with Crippen molar-refractivity contribution >= 4 is 17.0 Å². The maximum atomic E-state index is 10.0. The second kappa shape index (κ2) is 5.82. The van der Waals surface area contributed by atoms with Crippen molar-refractivity contribution in [2.24, 2.45) is 0 Å². The molecule has 0 saturated heterocycles. The molecule has 0 unspecified atom stereocenters. The van der Waals surface area contributed by atoms with Crippen LogP contribution in [-0.4, -0.2) is 18.5 Å². The van der Waals surface area contributed by atoms with Crippen molar-refractivity contribution in [3.05, 3.63) is 0 Å². The summed E-state index contributed by atoms with van der Waals surface area (Å²) in [5.41, 5.74) is 0. The van der Waals surface area contributed by atoms with Gasteiger partial charge in [-0.2, -0.15) is 0 Å². The standard InChI is InChI=1S/C3H7NOS.CH4/c1-4-3(5)6-2;/h1-2H3,(H,4,5);1H4. The van der Waals surface area contributed by atoms with Gasteiger partial charge >= 0.3 is 0 Å². The predicted molar refractivity (Wildman–Crippen MR) is 34.7 cm³/mol. The van der Waals surface area contributed by atoms with Crippen molar-refractivity contribution < 1.29 is 4.79 Å². The average Bonchev–Trinajstić information content (AvgIpc) is 1.65. The molecule has 7 heavy (non-hydrogen) atoms. The normalized spacial score (nSPS) is 6.57. The minimum absolute atomic E-state index is 0. The highest BCUT2D eigenvalue weighted by molar-refractivity contribution is 8.12. The molecule has 0 radical (unpaired) electrons. The van der Waals surface area contributed by atoms with Crippen LogP contribution in [0.2, 0.25) is 0 Å². The molecule has 1 amide bonds. The monoisotopic (exact) mass is 121 g/mol. The summed E-state index contributed by atoms with van der Waals surface area (Å²) in [6.07, 6.45) is 1.73. The summed E-state index contributed by atoms with van der Waals surface area (Å²) in [5.74, 6) is 0. The lowest BCUT2D eigenvalue weighted by atomic mass is 11.2. The van der Waals surface area contributed by atoms with Crippen molar-refractivity contribution in [3.8, 4) is 0 Å². The maximum Gasteiger partial charge on any atom is 0.278 e. The van der Waals surface area contributed by atoms with Crippen LogP contribution in [0.25, 0.3) is 0 Å². The van der Waals surface area contributed by atoms with E-state index in [1.54, 1.807) is 13.3 Å². The van der Waals surface area contributed by atoms with Crippen molar-refractivity contribution in [1.29, 1.82) is 0 Å².